The first-order valence-corrected chi connectivity index (χ1v) is 7.80. The second kappa shape index (κ2) is 6.05. The Labute approximate surface area is 136 Å². The molecule has 0 saturated carbocycles. The van der Waals surface area contributed by atoms with Crippen molar-refractivity contribution in [3.05, 3.63) is 69.4 Å². The van der Waals surface area contributed by atoms with E-state index in [0.717, 1.165) is 26.7 Å². The number of carbonyl (C=O) groups is 1. The van der Waals surface area contributed by atoms with Crippen molar-refractivity contribution >= 4 is 33.5 Å². The minimum Gasteiger partial charge on any atom is -0.481 e. The predicted octanol–water partition coefficient (Wildman–Crippen LogP) is 5.09. The Hall–Kier alpha value is -1.94. The molecule has 1 unspecified atom stereocenters. The molecule has 2 aromatic rings. The fraction of sp³-hybridized carbons (Fsp3) is 0.167. The van der Waals surface area contributed by atoms with Crippen molar-refractivity contribution in [1.82, 2.24) is 0 Å². The highest BCUT2D eigenvalue weighted by Gasteiger charge is 2.28. The van der Waals surface area contributed by atoms with Crippen molar-refractivity contribution in [2.45, 2.75) is 18.8 Å². The lowest BCUT2D eigenvalue weighted by Crippen LogP contribution is -2.03. The molecular weight excluding hydrogens is 347 g/mol. The van der Waals surface area contributed by atoms with Gasteiger partial charge in [0, 0.05) is 4.47 Å². The van der Waals surface area contributed by atoms with Crippen molar-refractivity contribution in [3.8, 4) is 0 Å². The van der Waals surface area contributed by atoms with Crippen LogP contribution in [0.5, 0.6) is 0 Å². The Morgan fingerprint density at radius 2 is 2.00 bits per heavy atom. The first-order valence-electron chi connectivity index (χ1n) is 7.00. The van der Waals surface area contributed by atoms with E-state index in [4.69, 9.17) is 5.11 Å². The number of hydrogen-bond acceptors (Lipinski definition) is 1. The first-order chi connectivity index (χ1) is 10.5. The maximum absolute atomic E-state index is 13.5. The van der Waals surface area contributed by atoms with Gasteiger partial charge >= 0.3 is 5.97 Å². The fourth-order valence-corrected chi connectivity index (χ4v) is 3.20. The molecule has 1 aliphatic rings. The number of fused-ring (bicyclic) bond motifs is 1. The number of rotatable bonds is 3. The van der Waals surface area contributed by atoms with Gasteiger partial charge in [0.15, 0.2) is 0 Å². The summed E-state index contributed by atoms with van der Waals surface area (Å²) in [7, 11) is 0. The molecular formula is C18H14BrFO2. The second-order valence-corrected chi connectivity index (χ2v) is 6.37. The van der Waals surface area contributed by atoms with Crippen LogP contribution in [0.1, 0.15) is 35.4 Å². The van der Waals surface area contributed by atoms with Crippen molar-refractivity contribution in [2.75, 3.05) is 0 Å². The zero-order valence-electron chi connectivity index (χ0n) is 11.7. The van der Waals surface area contributed by atoms with Gasteiger partial charge in [-0.25, -0.2) is 4.39 Å². The Morgan fingerprint density at radius 1 is 1.27 bits per heavy atom. The van der Waals surface area contributed by atoms with Crippen LogP contribution in [0.15, 0.2) is 46.9 Å². The Balaban J connectivity index is 2.00. The lowest BCUT2D eigenvalue weighted by molar-refractivity contribution is -0.137. The standard InChI is InChI=1S/C18H14BrFO2/c19-14-3-1-11(2-4-14)7-12-8-13(9-18(21)22)17-10-15(20)5-6-16(12)17/h1-7,10,13H,8-9H2,(H,21,22)/b12-7+. The molecule has 0 saturated heterocycles. The fourth-order valence-electron chi connectivity index (χ4n) is 2.94. The van der Waals surface area contributed by atoms with Gasteiger partial charge in [-0.3, -0.25) is 4.79 Å². The molecule has 0 aromatic heterocycles. The molecule has 0 bridgehead atoms. The number of allylic oxidation sites excluding steroid dienone is 1. The predicted molar refractivity (Wildman–Crippen MR) is 88.0 cm³/mol. The van der Waals surface area contributed by atoms with Gasteiger partial charge in [-0.05, 0) is 58.9 Å². The molecule has 0 fully saturated rings. The van der Waals surface area contributed by atoms with E-state index in [2.05, 4.69) is 15.9 Å². The number of benzene rings is 2. The first kappa shape index (κ1) is 15.0. The van der Waals surface area contributed by atoms with Crippen molar-refractivity contribution in [3.63, 3.8) is 0 Å². The lowest BCUT2D eigenvalue weighted by atomic mass is 9.98. The van der Waals surface area contributed by atoms with Gasteiger partial charge in [0.05, 0.1) is 6.42 Å². The average Bonchev–Trinajstić information content (AvgIpc) is 2.78. The lowest BCUT2D eigenvalue weighted by Gasteiger charge is -2.07. The van der Waals surface area contributed by atoms with Crippen LogP contribution in [0.2, 0.25) is 0 Å². The van der Waals surface area contributed by atoms with Crippen molar-refractivity contribution < 1.29 is 14.3 Å². The molecule has 1 aliphatic carbocycles. The summed E-state index contributed by atoms with van der Waals surface area (Å²) in [6.45, 7) is 0. The third-order valence-electron chi connectivity index (χ3n) is 3.90. The summed E-state index contributed by atoms with van der Waals surface area (Å²) in [4.78, 5) is 11.0. The van der Waals surface area contributed by atoms with Gasteiger partial charge in [0.2, 0.25) is 0 Å². The van der Waals surface area contributed by atoms with E-state index < -0.39 is 5.97 Å². The van der Waals surface area contributed by atoms with E-state index in [9.17, 15) is 9.18 Å². The number of halogens is 2. The third-order valence-corrected chi connectivity index (χ3v) is 4.43. The summed E-state index contributed by atoms with van der Waals surface area (Å²) in [5.74, 6) is -1.34. The number of aliphatic carboxylic acids is 1. The molecule has 1 atom stereocenters. The second-order valence-electron chi connectivity index (χ2n) is 5.45. The van der Waals surface area contributed by atoms with E-state index in [1.54, 1.807) is 6.07 Å². The van der Waals surface area contributed by atoms with Gasteiger partial charge < -0.3 is 5.11 Å². The maximum Gasteiger partial charge on any atom is 0.303 e. The summed E-state index contributed by atoms with van der Waals surface area (Å²) in [6.07, 6.45) is 2.69. The highest BCUT2D eigenvalue weighted by molar-refractivity contribution is 9.10. The van der Waals surface area contributed by atoms with E-state index in [1.165, 1.54) is 12.1 Å². The normalized spacial score (nSPS) is 18.5. The van der Waals surface area contributed by atoms with E-state index in [1.807, 2.05) is 30.3 Å². The van der Waals surface area contributed by atoms with E-state index >= 15 is 0 Å². The van der Waals surface area contributed by atoms with Gasteiger partial charge in [-0.1, -0.05) is 40.2 Å². The number of hydrogen-bond donors (Lipinski definition) is 1. The van der Waals surface area contributed by atoms with Gasteiger partial charge in [0.25, 0.3) is 0 Å². The molecule has 2 aromatic carbocycles. The van der Waals surface area contributed by atoms with Crippen LogP contribution in [-0.2, 0) is 4.79 Å². The molecule has 4 heteroatoms. The molecule has 2 nitrogen and oxygen atoms in total. The Kier molecular flexibility index (Phi) is 4.12. The molecule has 0 heterocycles. The highest BCUT2D eigenvalue weighted by Crippen LogP contribution is 2.44. The SMILES string of the molecule is O=C(O)CC1C/C(=C\c2ccc(Br)cc2)c2ccc(F)cc21. The summed E-state index contributed by atoms with van der Waals surface area (Å²) in [5.41, 5.74) is 3.86. The minimum absolute atomic E-state index is 0.0220. The number of carboxylic acid groups (broad SMARTS) is 1. The minimum atomic E-state index is -0.856. The molecule has 0 amide bonds. The zero-order chi connectivity index (χ0) is 15.7. The molecule has 0 spiro atoms. The van der Waals surface area contributed by atoms with Crippen LogP contribution >= 0.6 is 15.9 Å². The van der Waals surface area contributed by atoms with Crippen LogP contribution in [0.25, 0.3) is 11.6 Å². The monoisotopic (exact) mass is 360 g/mol. The number of carboxylic acids is 1. The quantitative estimate of drug-likeness (QED) is 0.827. The Bertz CT molecular complexity index is 750. The molecule has 1 N–H and O–H groups in total. The summed E-state index contributed by atoms with van der Waals surface area (Å²) < 4.78 is 14.5. The topological polar surface area (TPSA) is 37.3 Å². The largest absolute Gasteiger partial charge is 0.481 e. The summed E-state index contributed by atoms with van der Waals surface area (Å²) >= 11 is 3.40. The molecule has 0 aliphatic heterocycles. The van der Waals surface area contributed by atoms with Crippen molar-refractivity contribution in [2.24, 2.45) is 0 Å². The highest BCUT2D eigenvalue weighted by atomic mass is 79.9. The molecule has 112 valence electrons. The summed E-state index contributed by atoms with van der Waals surface area (Å²) in [6, 6.07) is 12.5. The molecule has 22 heavy (non-hydrogen) atoms. The zero-order valence-corrected chi connectivity index (χ0v) is 13.3. The van der Waals surface area contributed by atoms with Crippen LogP contribution < -0.4 is 0 Å². The van der Waals surface area contributed by atoms with Crippen molar-refractivity contribution in [1.29, 1.82) is 0 Å². The maximum atomic E-state index is 13.5. The van der Waals surface area contributed by atoms with Crippen LogP contribution in [0.4, 0.5) is 4.39 Å². The van der Waals surface area contributed by atoms with Gasteiger partial charge in [-0.15, -0.1) is 0 Å². The van der Waals surface area contributed by atoms with Crippen LogP contribution in [-0.4, -0.2) is 11.1 Å². The smallest absolute Gasteiger partial charge is 0.303 e. The van der Waals surface area contributed by atoms with E-state index in [0.29, 0.717) is 6.42 Å². The average molecular weight is 361 g/mol. The third kappa shape index (κ3) is 3.12. The molecule has 3 rings (SSSR count). The van der Waals surface area contributed by atoms with Gasteiger partial charge in [-0.2, -0.15) is 0 Å². The van der Waals surface area contributed by atoms with Gasteiger partial charge in [0.1, 0.15) is 5.82 Å². The molecule has 0 radical (unpaired) electrons. The Morgan fingerprint density at radius 3 is 2.68 bits per heavy atom. The van der Waals surface area contributed by atoms with Crippen LogP contribution in [0, 0.1) is 5.82 Å². The summed E-state index contributed by atoms with van der Waals surface area (Å²) in [5, 5.41) is 9.06. The van der Waals surface area contributed by atoms with E-state index in [-0.39, 0.29) is 18.2 Å². The van der Waals surface area contributed by atoms with Crippen LogP contribution in [0.3, 0.4) is 0 Å².